The minimum Gasteiger partial charge on any atom is -0.389 e. The van der Waals surface area contributed by atoms with Crippen molar-refractivity contribution in [3.63, 3.8) is 0 Å². The molecule has 0 bridgehead atoms. The van der Waals surface area contributed by atoms with Gasteiger partial charge in [0, 0.05) is 62.9 Å². The SMILES string of the molecule is CC.CC.Cn1cc(-c2ccc3nc(C(=O)NCC(O)C(O)CN4CCc5ccccc5C4)cn3c2)cn1. The summed E-state index contributed by atoms with van der Waals surface area (Å²) < 4.78 is 3.52. The lowest BCUT2D eigenvalue weighted by atomic mass is 9.99. The number of imidazole rings is 1. The van der Waals surface area contributed by atoms with Crippen LogP contribution in [0, 0.1) is 0 Å². The lowest BCUT2D eigenvalue weighted by Gasteiger charge is -2.31. The Hall–Kier alpha value is -3.53. The van der Waals surface area contributed by atoms with Crippen molar-refractivity contribution in [1.82, 2.24) is 29.4 Å². The summed E-state index contributed by atoms with van der Waals surface area (Å²) in [5.41, 5.74) is 5.41. The molecule has 9 heteroatoms. The smallest absolute Gasteiger partial charge is 0.271 e. The van der Waals surface area contributed by atoms with Crippen LogP contribution >= 0.6 is 0 Å². The fourth-order valence-electron chi connectivity index (χ4n) is 4.36. The van der Waals surface area contributed by atoms with Crippen molar-refractivity contribution in [3.8, 4) is 11.1 Å². The van der Waals surface area contributed by atoms with Gasteiger partial charge in [0.25, 0.3) is 5.91 Å². The predicted molar refractivity (Wildman–Crippen MR) is 150 cm³/mol. The predicted octanol–water partition coefficient (Wildman–Crippen LogP) is 3.30. The summed E-state index contributed by atoms with van der Waals surface area (Å²) >= 11 is 0. The first kappa shape index (κ1) is 29.0. The van der Waals surface area contributed by atoms with E-state index in [4.69, 9.17) is 0 Å². The van der Waals surface area contributed by atoms with Gasteiger partial charge in [0.2, 0.25) is 0 Å². The number of amides is 1. The van der Waals surface area contributed by atoms with Crippen molar-refractivity contribution >= 4 is 11.6 Å². The standard InChI is InChI=1S/C25H28N6O3.2C2H6/c1-29-12-20(10-27-29)19-6-7-24-28-21(15-31(24)14-19)25(34)26-11-22(32)23(33)16-30-9-8-17-4-2-3-5-18(17)13-30;2*1-2/h2-7,10,12,14-15,22-23,32-33H,8-9,11,13,16H2,1H3,(H,26,34);2*1-2H3. The van der Waals surface area contributed by atoms with E-state index < -0.39 is 18.1 Å². The van der Waals surface area contributed by atoms with E-state index in [-0.39, 0.29) is 12.2 Å². The third-order valence-electron chi connectivity index (χ3n) is 6.29. The number of carbonyl (C=O) groups is 1. The van der Waals surface area contributed by atoms with E-state index in [2.05, 4.69) is 32.4 Å². The quantitative estimate of drug-likeness (QED) is 0.345. The number of fused-ring (bicyclic) bond motifs is 2. The number of rotatable bonds is 7. The number of aliphatic hydroxyl groups is 2. The Bertz CT molecular complexity index is 1310. The first-order valence-corrected chi connectivity index (χ1v) is 13.4. The number of nitrogens with one attached hydrogen (secondary N) is 1. The van der Waals surface area contributed by atoms with E-state index in [9.17, 15) is 15.0 Å². The van der Waals surface area contributed by atoms with Crippen molar-refractivity contribution in [3.05, 3.63) is 78.0 Å². The molecule has 1 aromatic carbocycles. The van der Waals surface area contributed by atoms with Gasteiger partial charge in [-0.25, -0.2) is 4.98 Å². The van der Waals surface area contributed by atoms with Crippen LogP contribution in [0.1, 0.15) is 49.3 Å². The average molecular weight is 521 g/mol. The van der Waals surface area contributed by atoms with Crippen molar-refractivity contribution in [2.45, 2.75) is 52.9 Å². The number of hydrogen-bond donors (Lipinski definition) is 3. The molecular weight excluding hydrogens is 480 g/mol. The van der Waals surface area contributed by atoms with Crippen LogP contribution in [-0.2, 0) is 20.0 Å². The molecule has 0 fully saturated rings. The van der Waals surface area contributed by atoms with E-state index in [1.807, 2.05) is 71.4 Å². The van der Waals surface area contributed by atoms with Crippen molar-refractivity contribution < 1.29 is 15.0 Å². The molecule has 0 spiro atoms. The Morgan fingerprint density at radius 2 is 1.71 bits per heavy atom. The first-order valence-electron chi connectivity index (χ1n) is 13.4. The van der Waals surface area contributed by atoms with Gasteiger partial charge >= 0.3 is 0 Å². The Morgan fingerprint density at radius 3 is 2.42 bits per heavy atom. The molecule has 0 saturated heterocycles. The second kappa shape index (κ2) is 13.9. The highest BCUT2D eigenvalue weighted by atomic mass is 16.3. The third-order valence-corrected chi connectivity index (χ3v) is 6.29. The largest absolute Gasteiger partial charge is 0.389 e. The number of benzene rings is 1. The van der Waals surface area contributed by atoms with E-state index in [0.29, 0.717) is 12.2 Å². The number of carbonyl (C=O) groups excluding carboxylic acids is 1. The molecule has 3 aromatic heterocycles. The van der Waals surface area contributed by atoms with Gasteiger partial charge in [-0.1, -0.05) is 52.0 Å². The second-order valence-electron chi connectivity index (χ2n) is 8.81. The van der Waals surface area contributed by atoms with E-state index in [0.717, 1.165) is 30.6 Å². The van der Waals surface area contributed by atoms with Gasteiger partial charge in [-0.2, -0.15) is 5.10 Å². The van der Waals surface area contributed by atoms with Gasteiger partial charge in [0.1, 0.15) is 11.3 Å². The maximum absolute atomic E-state index is 12.6. The van der Waals surface area contributed by atoms with Crippen LogP contribution in [-0.4, -0.2) is 72.0 Å². The van der Waals surface area contributed by atoms with Crippen LogP contribution in [0.15, 0.2) is 61.2 Å². The molecule has 4 heterocycles. The molecule has 0 radical (unpaired) electrons. The summed E-state index contributed by atoms with van der Waals surface area (Å²) in [6, 6.07) is 12.1. The minimum absolute atomic E-state index is 0.0563. The highest BCUT2D eigenvalue weighted by molar-refractivity contribution is 5.92. The summed E-state index contributed by atoms with van der Waals surface area (Å²) in [4.78, 5) is 19.1. The summed E-state index contributed by atoms with van der Waals surface area (Å²) in [6.07, 6.45) is 6.13. The number of β-amino-alcohol motifs (C(OH)–C–C–N with tert-alkyl or cyclic N) is 1. The van der Waals surface area contributed by atoms with Crippen LogP contribution in [0.5, 0.6) is 0 Å². The van der Waals surface area contributed by atoms with Gasteiger partial charge in [0.05, 0.1) is 18.4 Å². The van der Waals surface area contributed by atoms with E-state index >= 15 is 0 Å². The molecule has 1 aliphatic heterocycles. The van der Waals surface area contributed by atoms with Gasteiger partial charge < -0.3 is 19.9 Å². The molecule has 1 amide bonds. The molecule has 9 nitrogen and oxygen atoms in total. The molecule has 204 valence electrons. The number of nitrogens with zero attached hydrogens (tertiary/aromatic N) is 5. The highest BCUT2D eigenvalue weighted by Crippen LogP contribution is 2.20. The summed E-state index contributed by atoms with van der Waals surface area (Å²) in [7, 11) is 1.86. The fraction of sp³-hybridized carbons (Fsp3) is 0.414. The summed E-state index contributed by atoms with van der Waals surface area (Å²) in [5.74, 6) is -0.398. The maximum atomic E-state index is 12.6. The van der Waals surface area contributed by atoms with Gasteiger partial charge in [-0.3, -0.25) is 14.4 Å². The number of aryl methyl sites for hydroxylation is 1. The number of hydrogen-bond acceptors (Lipinski definition) is 6. The van der Waals surface area contributed by atoms with Crippen molar-refractivity contribution in [2.24, 2.45) is 7.05 Å². The molecule has 1 aliphatic rings. The maximum Gasteiger partial charge on any atom is 0.271 e. The van der Waals surface area contributed by atoms with Crippen molar-refractivity contribution in [2.75, 3.05) is 19.6 Å². The Morgan fingerprint density at radius 1 is 0.974 bits per heavy atom. The molecule has 2 atom stereocenters. The molecular formula is C29H40N6O3. The molecule has 0 aliphatic carbocycles. The van der Waals surface area contributed by atoms with Crippen molar-refractivity contribution in [1.29, 1.82) is 0 Å². The van der Waals surface area contributed by atoms with Crippen LogP contribution in [0.4, 0.5) is 0 Å². The summed E-state index contributed by atoms with van der Waals surface area (Å²) in [6.45, 7) is 9.86. The monoisotopic (exact) mass is 520 g/mol. The fourth-order valence-corrected chi connectivity index (χ4v) is 4.36. The third kappa shape index (κ3) is 7.06. The van der Waals surface area contributed by atoms with E-state index in [1.54, 1.807) is 21.5 Å². The minimum atomic E-state index is -1.07. The molecule has 4 aromatic rings. The Balaban J connectivity index is 0.000000956. The Labute approximate surface area is 224 Å². The van der Waals surface area contributed by atoms with Crippen LogP contribution in [0.25, 0.3) is 16.8 Å². The number of aliphatic hydroxyl groups excluding tert-OH is 2. The topological polar surface area (TPSA) is 108 Å². The zero-order valence-electron chi connectivity index (χ0n) is 23.0. The van der Waals surface area contributed by atoms with Crippen LogP contribution < -0.4 is 5.32 Å². The van der Waals surface area contributed by atoms with Gasteiger partial charge in [-0.15, -0.1) is 0 Å². The highest BCUT2D eigenvalue weighted by Gasteiger charge is 2.23. The molecule has 2 unspecified atom stereocenters. The average Bonchev–Trinajstić information content (AvgIpc) is 3.59. The van der Waals surface area contributed by atoms with Gasteiger partial charge in [0.15, 0.2) is 0 Å². The molecule has 38 heavy (non-hydrogen) atoms. The zero-order chi connectivity index (χ0) is 27.7. The van der Waals surface area contributed by atoms with E-state index in [1.165, 1.54) is 11.1 Å². The lowest BCUT2D eigenvalue weighted by Crippen LogP contribution is -2.45. The number of aromatic nitrogens is 4. The van der Waals surface area contributed by atoms with Crippen LogP contribution in [0.3, 0.4) is 0 Å². The molecule has 3 N–H and O–H groups in total. The second-order valence-corrected chi connectivity index (χ2v) is 8.81. The summed E-state index contributed by atoms with van der Waals surface area (Å²) in [5, 5.41) is 27.8. The lowest BCUT2D eigenvalue weighted by molar-refractivity contribution is -0.00343. The molecule has 5 rings (SSSR count). The first-order chi connectivity index (χ1) is 18.5. The molecule has 0 saturated carbocycles. The van der Waals surface area contributed by atoms with Crippen LogP contribution in [0.2, 0.25) is 0 Å². The zero-order valence-corrected chi connectivity index (χ0v) is 23.0. The Kier molecular flexibility index (Phi) is 10.6. The van der Waals surface area contributed by atoms with Gasteiger partial charge in [-0.05, 0) is 29.7 Å². The normalized spacial score (nSPS) is 14.4. The number of pyridine rings is 1.